The highest BCUT2D eigenvalue weighted by Crippen LogP contribution is 2.31. The van der Waals surface area contributed by atoms with Gasteiger partial charge < -0.3 is 16.0 Å². The van der Waals surface area contributed by atoms with Crippen molar-refractivity contribution in [2.45, 2.75) is 44.6 Å². The number of likely N-dealkylation sites (tertiary alicyclic amines) is 1. The summed E-state index contributed by atoms with van der Waals surface area (Å²) in [6.07, 6.45) is 7.68. The summed E-state index contributed by atoms with van der Waals surface area (Å²) in [5.41, 5.74) is 5.33. The lowest BCUT2D eigenvalue weighted by atomic mass is 10.1. The summed E-state index contributed by atoms with van der Waals surface area (Å²) in [4.78, 5) is 25.5. The van der Waals surface area contributed by atoms with Crippen LogP contribution in [0.3, 0.4) is 0 Å². The largest absolute Gasteiger partial charge is 0.369 e. The van der Waals surface area contributed by atoms with Gasteiger partial charge in [-0.2, -0.15) is 5.10 Å². The van der Waals surface area contributed by atoms with Crippen molar-refractivity contribution < 1.29 is 9.59 Å². The van der Waals surface area contributed by atoms with Gasteiger partial charge in [-0.25, -0.2) is 4.68 Å². The highest BCUT2D eigenvalue weighted by atomic mass is 16.2. The minimum atomic E-state index is -0.239. The summed E-state index contributed by atoms with van der Waals surface area (Å²) >= 11 is 0. The van der Waals surface area contributed by atoms with Crippen molar-refractivity contribution in [1.29, 1.82) is 0 Å². The van der Waals surface area contributed by atoms with E-state index < -0.39 is 0 Å². The van der Waals surface area contributed by atoms with Gasteiger partial charge in [0.25, 0.3) is 0 Å². The summed E-state index contributed by atoms with van der Waals surface area (Å²) in [5, 5.41) is 7.33. The molecule has 1 aromatic heterocycles. The summed E-state index contributed by atoms with van der Waals surface area (Å²) < 4.78 is 1.95. The van der Waals surface area contributed by atoms with Gasteiger partial charge in [0.2, 0.25) is 11.8 Å². The van der Waals surface area contributed by atoms with Crippen molar-refractivity contribution in [3.05, 3.63) is 12.3 Å². The number of nitrogens with two attached hydrogens (primary N) is 1. The number of rotatable bonds is 6. The standard InChI is InChI=1S/C16H25N5O2/c17-16(23)12-6-9-20(11-12)10-7-15(22)19-14-5-8-18-21(14)13-3-1-2-4-13/h5,8,12-13H,1-4,6-7,9-11H2,(H2,17,23)(H,19,22). The van der Waals surface area contributed by atoms with E-state index in [0.29, 0.717) is 25.6 Å². The first kappa shape index (κ1) is 16.0. The lowest BCUT2D eigenvalue weighted by Crippen LogP contribution is -2.29. The van der Waals surface area contributed by atoms with E-state index in [0.717, 1.165) is 31.6 Å². The molecular formula is C16H25N5O2. The molecule has 3 rings (SSSR count). The fourth-order valence-electron chi connectivity index (χ4n) is 3.59. The van der Waals surface area contributed by atoms with Gasteiger partial charge in [0.05, 0.1) is 18.2 Å². The molecule has 7 nitrogen and oxygen atoms in total. The van der Waals surface area contributed by atoms with Gasteiger partial charge in [0.1, 0.15) is 5.82 Å². The van der Waals surface area contributed by atoms with Crippen LogP contribution in [0, 0.1) is 5.92 Å². The number of hydrogen-bond acceptors (Lipinski definition) is 4. The Labute approximate surface area is 136 Å². The Hall–Kier alpha value is -1.89. The first-order valence-corrected chi connectivity index (χ1v) is 8.48. The highest BCUT2D eigenvalue weighted by molar-refractivity contribution is 5.90. The molecule has 0 radical (unpaired) electrons. The molecule has 1 aliphatic heterocycles. The van der Waals surface area contributed by atoms with Crippen LogP contribution in [-0.2, 0) is 9.59 Å². The Balaban J connectivity index is 1.47. The molecule has 0 spiro atoms. The molecule has 0 aromatic carbocycles. The minimum Gasteiger partial charge on any atom is -0.369 e. The van der Waals surface area contributed by atoms with E-state index in [-0.39, 0.29) is 17.7 Å². The molecule has 1 aliphatic carbocycles. The number of nitrogens with one attached hydrogen (secondary N) is 1. The Morgan fingerprint density at radius 1 is 1.30 bits per heavy atom. The van der Waals surface area contributed by atoms with E-state index in [9.17, 15) is 9.59 Å². The zero-order valence-electron chi connectivity index (χ0n) is 13.4. The molecule has 1 saturated carbocycles. The topological polar surface area (TPSA) is 93.2 Å². The molecule has 1 saturated heterocycles. The molecule has 2 amide bonds. The van der Waals surface area contributed by atoms with Crippen LogP contribution in [0.2, 0.25) is 0 Å². The molecule has 1 atom stereocenters. The van der Waals surface area contributed by atoms with Gasteiger partial charge in [0, 0.05) is 25.6 Å². The Bertz CT molecular complexity index is 565. The second kappa shape index (κ2) is 7.12. The zero-order valence-corrected chi connectivity index (χ0v) is 13.4. The monoisotopic (exact) mass is 319 g/mol. The van der Waals surface area contributed by atoms with Crippen LogP contribution in [-0.4, -0.2) is 46.1 Å². The van der Waals surface area contributed by atoms with Crippen LogP contribution in [0.5, 0.6) is 0 Å². The molecule has 2 fully saturated rings. The third-order valence-corrected chi connectivity index (χ3v) is 4.94. The third kappa shape index (κ3) is 3.90. The van der Waals surface area contributed by atoms with Gasteiger partial charge in [-0.3, -0.25) is 9.59 Å². The van der Waals surface area contributed by atoms with Crippen molar-refractivity contribution in [2.24, 2.45) is 11.7 Å². The van der Waals surface area contributed by atoms with Crippen molar-refractivity contribution in [2.75, 3.05) is 25.0 Å². The summed E-state index contributed by atoms with van der Waals surface area (Å²) in [7, 11) is 0. The number of anilines is 1. The molecule has 7 heteroatoms. The first-order valence-electron chi connectivity index (χ1n) is 8.48. The van der Waals surface area contributed by atoms with Crippen LogP contribution in [0.25, 0.3) is 0 Å². The first-order chi connectivity index (χ1) is 11.1. The van der Waals surface area contributed by atoms with Gasteiger partial charge >= 0.3 is 0 Å². The number of primary amides is 1. The lowest BCUT2D eigenvalue weighted by molar-refractivity contribution is -0.121. The number of nitrogens with zero attached hydrogens (tertiary/aromatic N) is 3. The Kier molecular flexibility index (Phi) is 4.95. The second-order valence-corrected chi connectivity index (χ2v) is 6.59. The van der Waals surface area contributed by atoms with Crippen LogP contribution in [0.15, 0.2) is 12.3 Å². The maximum Gasteiger partial charge on any atom is 0.226 e. The second-order valence-electron chi connectivity index (χ2n) is 6.59. The lowest BCUT2D eigenvalue weighted by Gasteiger charge is -2.17. The molecule has 1 unspecified atom stereocenters. The SMILES string of the molecule is NC(=O)C1CCN(CCC(=O)Nc2ccnn2C2CCCC2)C1. The number of hydrogen-bond donors (Lipinski definition) is 2. The van der Waals surface area contributed by atoms with E-state index in [1.54, 1.807) is 6.20 Å². The van der Waals surface area contributed by atoms with Crippen molar-refractivity contribution in [3.8, 4) is 0 Å². The summed E-state index contributed by atoms with van der Waals surface area (Å²) in [6.45, 7) is 2.16. The fourth-order valence-corrected chi connectivity index (χ4v) is 3.59. The zero-order chi connectivity index (χ0) is 16.2. The smallest absolute Gasteiger partial charge is 0.226 e. The van der Waals surface area contributed by atoms with Crippen LogP contribution in [0.1, 0.15) is 44.6 Å². The predicted octanol–water partition coefficient (Wildman–Crippen LogP) is 1.13. The Morgan fingerprint density at radius 3 is 2.78 bits per heavy atom. The average Bonchev–Trinajstić information content (AvgIpc) is 3.26. The van der Waals surface area contributed by atoms with E-state index >= 15 is 0 Å². The van der Waals surface area contributed by atoms with Crippen LogP contribution < -0.4 is 11.1 Å². The normalized spacial score (nSPS) is 22.5. The van der Waals surface area contributed by atoms with Crippen molar-refractivity contribution in [1.82, 2.24) is 14.7 Å². The van der Waals surface area contributed by atoms with E-state index in [1.165, 1.54) is 12.8 Å². The molecule has 2 heterocycles. The molecule has 0 bridgehead atoms. The van der Waals surface area contributed by atoms with Crippen molar-refractivity contribution >= 4 is 17.6 Å². The third-order valence-electron chi connectivity index (χ3n) is 4.94. The van der Waals surface area contributed by atoms with E-state index in [1.807, 2.05) is 10.7 Å². The minimum absolute atomic E-state index is 0.00716. The fraction of sp³-hybridized carbons (Fsp3) is 0.688. The maximum atomic E-state index is 12.2. The van der Waals surface area contributed by atoms with Gasteiger partial charge in [-0.05, 0) is 25.8 Å². The molecular weight excluding hydrogens is 294 g/mol. The van der Waals surface area contributed by atoms with Gasteiger partial charge in [0.15, 0.2) is 0 Å². The number of aromatic nitrogens is 2. The molecule has 3 N–H and O–H groups in total. The van der Waals surface area contributed by atoms with Gasteiger partial charge in [-0.1, -0.05) is 12.8 Å². The van der Waals surface area contributed by atoms with E-state index in [4.69, 9.17) is 5.73 Å². The number of carbonyl (C=O) groups is 2. The maximum absolute atomic E-state index is 12.2. The van der Waals surface area contributed by atoms with Crippen molar-refractivity contribution in [3.63, 3.8) is 0 Å². The molecule has 126 valence electrons. The average molecular weight is 319 g/mol. The molecule has 1 aromatic rings. The highest BCUT2D eigenvalue weighted by Gasteiger charge is 2.26. The molecule has 23 heavy (non-hydrogen) atoms. The quantitative estimate of drug-likeness (QED) is 0.822. The number of amides is 2. The summed E-state index contributed by atoms with van der Waals surface area (Å²) in [6, 6.07) is 2.27. The van der Waals surface area contributed by atoms with Crippen LogP contribution >= 0.6 is 0 Å². The Morgan fingerprint density at radius 2 is 2.09 bits per heavy atom. The number of carbonyl (C=O) groups excluding carboxylic acids is 2. The van der Waals surface area contributed by atoms with E-state index in [2.05, 4.69) is 15.3 Å². The van der Waals surface area contributed by atoms with Crippen LogP contribution in [0.4, 0.5) is 5.82 Å². The molecule has 2 aliphatic rings. The summed E-state index contributed by atoms with van der Waals surface area (Å²) in [5.74, 6) is 0.477. The van der Waals surface area contributed by atoms with Gasteiger partial charge in [-0.15, -0.1) is 0 Å². The predicted molar refractivity (Wildman–Crippen MR) is 86.7 cm³/mol.